The molecule has 0 aromatic heterocycles. The largest absolute Gasteiger partial charge is 0.351 e. The first-order chi connectivity index (χ1) is 5.68. The molecule has 0 aromatic rings. The Bertz CT molecular complexity index is 133. The number of hydrogen-bond acceptors (Lipinski definition) is 1. The molecule has 0 aliphatic heterocycles. The molecule has 0 spiro atoms. The number of amides is 1. The van der Waals surface area contributed by atoms with Crippen molar-refractivity contribution in [3.05, 3.63) is 0 Å². The molecule has 0 atom stereocenters. The highest BCUT2D eigenvalue weighted by atomic mass is 16.1. The lowest BCUT2D eigenvalue weighted by molar-refractivity contribution is -0.122. The second-order valence-electron chi connectivity index (χ2n) is 3.17. The molecule has 1 fully saturated rings. The Morgan fingerprint density at radius 2 is 1.92 bits per heavy atom. The Morgan fingerprint density at radius 1 is 1.42 bits per heavy atom. The van der Waals surface area contributed by atoms with Crippen LogP contribution in [-0.2, 0) is 4.79 Å². The van der Waals surface area contributed by atoms with E-state index >= 15 is 0 Å². The molecular formula is C10H21NO. The summed E-state index contributed by atoms with van der Waals surface area (Å²) in [5.41, 5.74) is 0.186. The van der Waals surface area contributed by atoms with E-state index in [4.69, 9.17) is 0 Å². The Kier molecular flexibility index (Phi) is 4.95. The highest BCUT2D eigenvalue weighted by molar-refractivity contribution is 5.73. The summed E-state index contributed by atoms with van der Waals surface area (Å²) >= 11 is 0. The maximum absolute atomic E-state index is 10.7. The molecule has 1 amide bonds. The van der Waals surface area contributed by atoms with Crippen LogP contribution in [0.25, 0.3) is 0 Å². The van der Waals surface area contributed by atoms with Crippen LogP contribution >= 0.6 is 0 Å². The van der Waals surface area contributed by atoms with Crippen LogP contribution in [0.2, 0.25) is 0 Å². The minimum absolute atomic E-state index is 0.113. The van der Waals surface area contributed by atoms with Crippen LogP contribution < -0.4 is 5.32 Å². The molecule has 1 N–H and O–H groups in total. The zero-order valence-corrected chi connectivity index (χ0v) is 8.74. The summed E-state index contributed by atoms with van der Waals surface area (Å²) < 4.78 is 0. The normalized spacial score (nSPS) is 18.3. The fourth-order valence-corrected chi connectivity index (χ4v) is 1.54. The first kappa shape index (κ1) is 11.5. The maximum atomic E-state index is 10.7. The SMILES string of the molecule is CC.CCC1(NC(C)=O)CCC1. The van der Waals surface area contributed by atoms with Crippen LogP contribution in [0.15, 0.2) is 0 Å². The molecule has 0 saturated heterocycles. The number of hydrogen-bond donors (Lipinski definition) is 1. The predicted octanol–water partition coefficient (Wildman–Crippen LogP) is 2.48. The summed E-state index contributed by atoms with van der Waals surface area (Å²) in [6.07, 6.45) is 4.69. The lowest BCUT2D eigenvalue weighted by Gasteiger charge is -2.41. The van der Waals surface area contributed by atoms with Crippen molar-refractivity contribution < 1.29 is 4.79 Å². The molecule has 0 bridgehead atoms. The summed E-state index contributed by atoms with van der Waals surface area (Å²) in [6.45, 7) is 7.73. The van der Waals surface area contributed by atoms with Gasteiger partial charge in [-0.1, -0.05) is 20.8 Å². The van der Waals surface area contributed by atoms with E-state index < -0.39 is 0 Å². The minimum atomic E-state index is 0.113. The van der Waals surface area contributed by atoms with E-state index in [-0.39, 0.29) is 11.4 Å². The second kappa shape index (κ2) is 5.18. The van der Waals surface area contributed by atoms with E-state index in [1.807, 2.05) is 13.8 Å². The van der Waals surface area contributed by atoms with E-state index in [0.29, 0.717) is 0 Å². The molecule has 0 radical (unpaired) electrons. The van der Waals surface area contributed by atoms with Crippen molar-refractivity contribution >= 4 is 5.91 Å². The Hall–Kier alpha value is -0.530. The van der Waals surface area contributed by atoms with Crippen LogP contribution in [0, 0.1) is 0 Å². The molecule has 0 unspecified atom stereocenters. The van der Waals surface area contributed by atoms with E-state index in [0.717, 1.165) is 6.42 Å². The van der Waals surface area contributed by atoms with E-state index in [1.165, 1.54) is 19.3 Å². The van der Waals surface area contributed by atoms with Gasteiger partial charge in [0.2, 0.25) is 5.91 Å². The monoisotopic (exact) mass is 171 g/mol. The number of nitrogens with one attached hydrogen (secondary N) is 1. The molecule has 1 rings (SSSR count). The van der Waals surface area contributed by atoms with Crippen molar-refractivity contribution in [3.63, 3.8) is 0 Å². The number of carbonyl (C=O) groups excluding carboxylic acids is 1. The molecule has 1 saturated carbocycles. The number of carbonyl (C=O) groups is 1. The fourth-order valence-electron chi connectivity index (χ4n) is 1.54. The van der Waals surface area contributed by atoms with Crippen molar-refractivity contribution in [2.75, 3.05) is 0 Å². The lowest BCUT2D eigenvalue weighted by Crippen LogP contribution is -2.52. The van der Waals surface area contributed by atoms with Gasteiger partial charge in [-0.3, -0.25) is 4.79 Å². The van der Waals surface area contributed by atoms with Gasteiger partial charge in [0.15, 0.2) is 0 Å². The van der Waals surface area contributed by atoms with Crippen molar-refractivity contribution in [3.8, 4) is 0 Å². The van der Waals surface area contributed by atoms with Gasteiger partial charge in [-0.15, -0.1) is 0 Å². The van der Waals surface area contributed by atoms with Crippen LogP contribution in [0.3, 0.4) is 0 Å². The molecule has 0 aromatic carbocycles. The first-order valence-corrected chi connectivity index (χ1v) is 4.97. The van der Waals surface area contributed by atoms with E-state index in [2.05, 4.69) is 12.2 Å². The maximum Gasteiger partial charge on any atom is 0.217 e. The first-order valence-electron chi connectivity index (χ1n) is 4.97. The van der Waals surface area contributed by atoms with Gasteiger partial charge in [0, 0.05) is 12.5 Å². The molecule has 12 heavy (non-hydrogen) atoms. The Morgan fingerprint density at radius 3 is 2.00 bits per heavy atom. The quantitative estimate of drug-likeness (QED) is 0.679. The Balaban J connectivity index is 0.000000561. The van der Waals surface area contributed by atoms with Crippen molar-refractivity contribution in [1.82, 2.24) is 5.32 Å². The minimum Gasteiger partial charge on any atom is -0.351 e. The molecule has 1 aliphatic rings. The topological polar surface area (TPSA) is 29.1 Å². The van der Waals surface area contributed by atoms with Gasteiger partial charge < -0.3 is 5.32 Å². The summed E-state index contributed by atoms with van der Waals surface area (Å²) in [7, 11) is 0. The zero-order valence-electron chi connectivity index (χ0n) is 8.74. The predicted molar refractivity (Wildman–Crippen MR) is 52.0 cm³/mol. The highest BCUT2D eigenvalue weighted by Gasteiger charge is 2.35. The van der Waals surface area contributed by atoms with Crippen molar-refractivity contribution in [2.45, 2.75) is 58.9 Å². The van der Waals surface area contributed by atoms with Crippen LogP contribution in [0.4, 0.5) is 0 Å². The fraction of sp³-hybridized carbons (Fsp3) is 0.900. The van der Waals surface area contributed by atoms with Gasteiger partial charge in [0.05, 0.1) is 0 Å². The van der Waals surface area contributed by atoms with Gasteiger partial charge in [0.1, 0.15) is 0 Å². The highest BCUT2D eigenvalue weighted by Crippen LogP contribution is 2.34. The summed E-state index contributed by atoms with van der Waals surface area (Å²) in [5, 5.41) is 3.00. The molecular weight excluding hydrogens is 150 g/mol. The van der Waals surface area contributed by atoms with Crippen LogP contribution in [-0.4, -0.2) is 11.4 Å². The Labute approximate surface area is 75.7 Å². The molecule has 2 heteroatoms. The number of rotatable bonds is 2. The van der Waals surface area contributed by atoms with Gasteiger partial charge in [0.25, 0.3) is 0 Å². The van der Waals surface area contributed by atoms with Gasteiger partial charge in [-0.05, 0) is 25.7 Å². The molecule has 72 valence electrons. The van der Waals surface area contributed by atoms with Gasteiger partial charge in [-0.25, -0.2) is 0 Å². The third-order valence-corrected chi connectivity index (χ3v) is 2.43. The van der Waals surface area contributed by atoms with Gasteiger partial charge in [-0.2, -0.15) is 0 Å². The van der Waals surface area contributed by atoms with Crippen molar-refractivity contribution in [1.29, 1.82) is 0 Å². The average Bonchev–Trinajstić information content (AvgIpc) is 2.01. The third kappa shape index (κ3) is 2.84. The average molecular weight is 171 g/mol. The summed E-state index contributed by atoms with van der Waals surface area (Å²) in [5.74, 6) is 0.113. The molecule has 2 nitrogen and oxygen atoms in total. The second-order valence-corrected chi connectivity index (χ2v) is 3.17. The van der Waals surface area contributed by atoms with Crippen molar-refractivity contribution in [2.24, 2.45) is 0 Å². The van der Waals surface area contributed by atoms with Crippen LogP contribution in [0.5, 0.6) is 0 Å². The molecule has 1 aliphatic carbocycles. The molecule has 0 heterocycles. The smallest absolute Gasteiger partial charge is 0.217 e. The van der Waals surface area contributed by atoms with E-state index in [9.17, 15) is 4.79 Å². The van der Waals surface area contributed by atoms with Crippen LogP contribution in [0.1, 0.15) is 53.4 Å². The summed E-state index contributed by atoms with van der Waals surface area (Å²) in [6, 6.07) is 0. The van der Waals surface area contributed by atoms with E-state index in [1.54, 1.807) is 6.92 Å². The lowest BCUT2D eigenvalue weighted by atomic mass is 9.75. The zero-order chi connectivity index (χ0) is 9.61. The van der Waals surface area contributed by atoms with Gasteiger partial charge >= 0.3 is 0 Å². The third-order valence-electron chi connectivity index (χ3n) is 2.43. The standard InChI is InChI=1S/C8H15NO.C2H6/c1-3-8(5-4-6-8)9-7(2)10;1-2/h3-6H2,1-2H3,(H,9,10);1-2H3. The summed E-state index contributed by atoms with van der Waals surface area (Å²) in [4.78, 5) is 10.7.